The normalized spacial score (nSPS) is 10.6. The van der Waals surface area contributed by atoms with Crippen molar-refractivity contribution in [1.82, 2.24) is 4.98 Å². The number of hydrogen-bond donors (Lipinski definition) is 1. The van der Waals surface area contributed by atoms with E-state index in [-0.39, 0.29) is 6.42 Å². The number of carboxylic acid groups (broad SMARTS) is 1. The number of carbonyl (C=O) groups is 1. The number of hydrogen-bond acceptors (Lipinski definition) is 3. The molecule has 1 aromatic heterocycles. The second kappa shape index (κ2) is 5.23. The molecule has 0 aliphatic heterocycles. The SMILES string of the molecule is Cc1nc(-c2cccc(Cl)c2)c(CCC(=O)O)o1. The molecular weight excluding hydrogens is 254 g/mol. The summed E-state index contributed by atoms with van der Waals surface area (Å²) in [7, 11) is 0. The maximum Gasteiger partial charge on any atom is 0.303 e. The molecule has 5 heteroatoms. The Bertz CT molecular complexity index is 577. The van der Waals surface area contributed by atoms with Gasteiger partial charge in [0.2, 0.25) is 0 Å². The van der Waals surface area contributed by atoms with E-state index in [4.69, 9.17) is 21.1 Å². The zero-order valence-corrected chi connectivity index (χ0v) is 10.6. The summed E-state index contributed by atoms with van der Waals surface area (Å²) in [5, 5.41) is 9.31. The Labute approximate surface area is 109 Å². The van der Waals surface area contributed by atoms with Gasteiger partial charge in [-0.05, 0) is 12.1 Å². The number of carboxylic acids is 1. The first kappa shape index (κ1) is 12.6. The van der Waals surface area contributed by atoms with E-state index < -0.39 is 5.97 Å². The van der Waals surface area contributed by atoms with E-state index >= 15 is 0 Å². The molecule has 1 aromatic carbocycles. The van der Waals surface area contributed by atoms with Crippen LogP contribution < -0.4 is 0 Å². The van der Waals surface area contributed by atoms with Gasteiger partial charge in [-0.1, -0.05) is 23.7 Å². The smallest absolute Gasteiger partial charge is 0.303 e. The van der Waals surface area contributed by atoms with E-state index in [1.165, 1.54) is 0 Å². The van der Waals surface area contributed by atoms with Crippen molar-refractivity contribution in [2.24, 2.45) is 0 Å². The van der Waals surface area contributed by atoms with Crippen LogP contribution in [0.2, 0.25) is 5.02 Å². The van der Waals surface area contributed by atoms with Crippen LogP contribution in [0.1, 0.15) is 18.1 Å². The Balaban J connectivity index is 2.35. The summed E-state index contributed by atoms with van der Waals surface area (Å²) in [6, 6.07) is 7.24. The number of rotatable bonds is 4. The molecule has 0 fully saturated rings. The number of aromatic nitrogens is 1. The van der Waals surface area contributed by atoms with E-state index in [0.29, 0.717) is 28.8 Å². The zero-order valence-electron chi connectivity index (χ0n) is 9.81. The first-order valence-corrected chi connectivity index (χ1v) is 5.88. The summed E-state index contributed by atoms with van der Waals surface area (Å²) >= 11 is 5.93. The minimum Gasteiger partial charge on any atom is -0.481 e. The summed E-state index contributed by atoms with van der Waals surface area (Å²) in [5.74, 6) is 0.239. The third-order valence-electron chi connectivity index (χ3n) is 2.47. The lowest BCUT2D eigenvalue weighted by Gasteiger charge is -2.00. The van der Waals surface area contributed by atoms with Crippen molar-refractivity contribution >= 4 is 17.6 Å². The van der Waals surface area contributed by atoms with Gasteiger partial charge in [0.15, 0.2) is 5.89 Å². The summed E-state index contributed by atoms with van der Waals surface area (Å²) in [6.07, 6.45) is 0.334. The highest BCUT2D eigenvalue weighted by molar-refractivity contribution is 6.30. The van der Waals surface area contributed by atoms with Gasteiger partial charge in [0.25, 0.3) is 0 Å². The van der Waals surface area contributed by atoms with Crippen LogP contribution in [-0.4, -0.2) is 16.1 Å². The van der Waals surface area contributed by atoms with Crippen LogP contribution in [0.3, 0.4) is 0 Å². The Morgan fingerprint density at radius 1 is 1.50 bits per heavy atom. The first-order chi connectivity index (χ1) is 8.56. The maximum absolute atomic E-state index is 10.6. The lowest BCUT2D eigenvalue weighted by atomic mass is 10.1. The van der Waals surface area contributed by atoms with Crippen molar-refractivity contribution in [2.45, 2.75) is 19.8 Å². The van der Waals surface area contributed by atoms with Crippen LogP contribution in [0.15, 0.2) is 28.7 Å². The van der Waals surface area contributed by atoms with Crippen LogP contribution in [0.5, 0.6) is 0 Å². The highest BCUT2D eigenvalue weighted by Gasteiger charge is 2.14. The van der Waals surface area contributed by atoms with E-state index in [2.05, 4.69) is 4.98 Å². The first-order valence-electron chi connectivity index (χ1n) is 5.50. The van der Waals surface area contributed by atoms with Gasteiger partial charge >= 0.3 is 5.97 Å². The molecule has 2 aromatic rings. The fraction of sp³-hybridized carbons (Fsp3) is 0.231. The van der Waals surface area contributed by atoms with Crippen LogP contribution >= 0.6 is 11.6 Å². The van der Waals surface area contributed by atoms with E-state index in [9.17, 15) is 4.79 Å². The second-order valence-corrected chi connectivity index (χ2v) is 4.35. The molecule has 2 rings (SSSR count). The van der Waals surface area contributed by atoms with Crippen LogP contribution in [0.4, 0.5) is 0 Å². The minimum atomic E-state index is -0.860. The Morgan fingerprint density at radius 3 is 2.94 bits per heavy atom. The molecule has 0 unspecified atom stereocenters. The number of halogens is 1. The molecule has 94 valence electrons. The molecule has 0 amide bonds. The van der Waals surface area contributed by atoms with Crippen molar-refractivity contribution in [1.29, 1.82) is 0 Å². The van der Waals surface area contributed by atoms with E-state index in [0.717, 1.165) is 5.56 Å². The van der Waals surface area contributed by atoms with Gasteiger partial charge in [0.05, 0.1) is 6.42 Å². The monoisotopic (exact) mass is 265 g/mol. The summed E-state index contributed by atoms with van der Waals surface area (Å²) in [6.45, 7) is 1.73. The molecule has 0 aliphatic rings. The second-order valence-electron chi connectivity index (χ2n) is 3.91. The van der Waals surface area contributed by atoms with Crippen molar-refractivity contribution < 1.29 is 14.3 Å². The molecule has 0 saturated heterocycles. The number of nitrogens with zero attached hydrogens (tertiary/aromatic N) is 1. The standard InChI is InChI=1S/C13H12ClNO3/c1-8-15-13(9-3-2-4-10(14)7-9)11(18-8)5-6-12(16)17/h2-4,7H,5-6H2,1H3,(H,16,17). The Kier molecular flexibility index (Phi) is 3.67. The molecule has 0 saturated carbocycles. The van der Waals surface area contributed by atoms with Gasteiger partial charge in [0.1, 0.15) is 11.5 Å². The van der Waals surface area contributed by atoms with Gasteiger partial charge in [-0.2, -0.15) is 0 Å². The molecule has 0 spiro atoms. The maximum atomic E-state index is 10.6. The van der Waals surface area contributed by atoms with Gasteiger partial charge in [-0.25, -0.2) is 4.98 Å². The summed E-state index contributed by atoms with van der Waals surface area (Å²) in [5.41, 5.74) is 1.50. The largest absolute Gasteiger partial charge is 0.481 e. The molecule has 1 N–H and O–H groups in total. The van der Waals surface area contributed by atoms with Gasteiger partial charge in [-0.3, -0.25) is 4.79 Å². The molecule has 0 atom stereocenters. The third kappa shape index (κ3) is 2.90. The molecule has 4 nitrogen and oxygen atoms in total. The lowest BCUT2D eigenvalue weighted by molar-refractivity contribution is -0.137. The Hall–Kier alpha value is -1.81. The molecule has 0 bridgehead atoms. The highest BCUT2D eigenvalue weighted by Crippen LogP contribution is 2.27. The summed E-state index contributed by atoms with van der Waals surface area (Å²) in [4.78, 5) is 14.9. The Morgan fingerprint density at radius 2 is 2.28 bits per heavy atom. The van der Waals surface area contributed by atoms with Gasteiger partial charge in [-0.15, -0.1) is 0 Å². The molecule has 0 aliphatic carbocycles. The number of aliphatic carboxylic acids is 1. The quantitative estimate of drug-likeness (QED) is 0.921. The van der Waals surface area contributed by atoms with Gasteiger partial charge < -0.3 is 9.52 Å². The fourth-order valence-corrected chi connectivity index (χ4v) is 1.91. The highest BCUT2D eigenvalue weighted by atomic mass is 35.5. The van der Waals surface area contributed by atoms with Crippen molar-refractivity contribution in [2.75, 3.05) is 0 Å². The fourth-order valence-electron chi connectivity index (χ4n) is 1.72. The van der Waals surface area contributed by atoms with Crippen molar-refractivity contribution in [3.05, 3.63) is 40.9 Å². The topological polar surface area (TPSA) is 63.3 Å². The third-order valence-corrected chi connectivity index (χ3v) is 2.70. The predicted molar refractivity (Wildman–Crippen MR) is 67.6 cm³/mol. The van der Waals surface area contributed by atoms with Crippen LogP contribution in [0.25, 0.3) is 11.3 Å². The van der Waals surface area contributed by atoms with Crippen molar-refractivity contribution in [3.63, 3.8) is 0 Å². The van der Waals surface area contributed by atoms with Gasteiger partial charge in [0, 0.05) is 23.9 Å². The minimum absolute atomic E-state index is 0.0161. The molecular formula is C13H12ClNO3. The van der Waals surface area contributed by atoms with Crippen molar-refractivity contribution in [3.8, 4) is 11.3 Å². The number of benzene rings is 1. The molecule has 18 heavy (non-hydrogen) atoms. The lowest BCUT2D eigenvalue weighted by Crippen LogP contribution is -1.97. The van der Waals surface area contributed by atoms with Crippen LogP contribution in [0, 0.1) is 6.92 Å². The number of aryl methyl sites for hydroxylation is 2. The molecule has 0 radical (unpaired) electrons. The zero-order chi connectivity index (χ0) is 13.1. The number of oxazole rings is 1. The average Bonchev–Trinajstić information content (AvgIpc) is 2.68. The van der Waals surface area contributed by atoms with Crippen LogP contribution in [-0.2, 0) is 11.2 Å². The van der Waals surface area contributed by atoms with E-state index in [1.807, 2.05) is 12.1 Å². The van der Waals surface area contributed by atoms with E-state index in [1.54, 1.807) is 19.1 Å². The average molecular weight is 266 g/mol. The predicted octanol–water partition coefficient (Wildman–Crippen LogP) is 3.32. The molecule has 1 heterocycles. The summed E-state index contributed by atoms with van der Waals surface area (Å²) < 4.78 is 5.44.